The van der Waals surface area contributed by atoms with Crippen LogP contribution in [-0.4, -0.2) is 31.8 Å². The number of amides is 2. The van der Waals surface area contributed by atoms with E-state index in [0.717, 1.165) is 11.8 Å². The van der Waals surface area contributed by atoms with Gasteiger partial charge in [0.25, 0.3) is 5.91 Å². The predicted octanol–water partition coefficient (Wildman–Crippen LogP) is 5.14. The van der Waals surface area contributed by atoms with Crippen molar-refractivity contribution in [2.75, 3.05) is 10.6 Å². The maximum atomic E-state index is 12.9. The van der Waals surface area contributed by atoms with Crippen molar-refractivity contribution in [3.8, 4) is 22.6 Å². The van der Waals surface area contributed by atoms with Gasteiger partial charge >= 0.3 is 6.18 Å². The third kappa shape index (κ3) is 5.69. The molecular formula is C25H19F3N6O2. The van der Waals surface area contributed by atoms with Crippen LogP contribution in [0.4, 0.5) is 24.7 Å². The molecule has 182 valence electrons. The summed E-state index contributed by atoms with van der Waals surface area (Å²) in [7, 11) is 0. The molecule has 0 spiro atoms. The van der Waals surface area contributed by atoms with Crippen LogP contribution in [0.1, 0.15) is 28.5 Å². The molecule has 0 aliphatic heterocycles. The fourth-order valence-corrected chi connectivity index (χ4v) is 3.36. The summed E-state index contributed by atoms with van der Waals surface area (Å²) in [6.45, 7) is 3.23. The number of hydrogen-bond acceptors (Lipinski definition) is 6. The van der Waals surface area contributed by atoms with Crippen molar-refractivity contribution in [2.24, 2.45) is 0 Å². The second-order valence-corrected chi connectivity index (χ2v) is 7.79. The van der Waals surface area contributed by atoms with E-state index in [2.05, 4.69) is 30.6 Å². The minimum atomic E-state index is -4.66. The van der Waals surface area contributed by atoms with Crippen molar-refractivity contribution in [3.63, 3.8) is 0 Å². The van der Waals surface area contributed by atoms with E-state index in [1.807, 2.05) is 6.92 Å². The molecule has 3 aromatic heterocycles. The fourth-order valence-electron chi connectivity index (χ4n) is 3.36. The lowest BCUT2D eigenvalue weighted by Gasteiger charge is -2.11. The normalized spacial score (nSPS) is 11.1. The van der Waals surface area contributed by atoms with Crippen molar-refractivity contribution in [3.05, 3.63) is 83.9 Å². The van der Waals surface area contributed by atoms with Crippen LogP contribution >= 0.6 is 0 Å². The zero-order chi connectivity index (χ0) is 25.9. The summed E-state index contributed by atoms with van der Waals surface area (Å²) in [5.41, 5.74) is 1.76. The molecule has 3 heterocycles. The van der Waals surface area contributed by atoms with Gasteiger partial charge < -0.3 is 10.6 Å². The Bertz CT molecular complexity index is 1460. The van der Waals surface area contributed by atoms with Crippen LogP contribution in [0.25, 0.3) is 22.6 Å². The molecule has 0 saturated heterocycles. The lowest BCUT2D eigenvalue weighted by molar-refractivity contribution is -0.141. The molecular weight excluding hydrogens is 473 g/mol. The van der Waals surface area contributed by atoms with Crippen molar-refractivity contribution in [2.45, 2.75) is 20.0 Å². The lowest BCUT2D eigenvalue weighted by Crippen LogP contribution is -2.15. The zero-order valence-electron chi connectivity index (χ0n) is 19.1. The Morgan fingerprint density at radius 3 is 2.36 bits per heavy atom. The molecule has 0 fully saturated rings. The van der Waals surface area contributed by atoms with Gasteiger partial charge in [0.2, 0.25) is 5.91 Å². The molecule has 2 N–H and O–H groups in total. The van der Waals surface area contributed by atoms with Crippen LogP contribution < -0.4 is 10.6 Å². The first-order valence-electron chi connectivity index (χ1n) is 10.6. The molecule has 0 aliphatic rings. The topological polar surface area (TPSA) is 110 Å². The largest absolute Gasteiger partial charge is 0.433 e. The van der Waals surface area contributed by atoms with Crippen molar-refractivity contribution in [1.82, 2.24) is 19.9 Å². The Kier molecular flexibility index (Phi) is 6.73. The minimum Gasteiger partial charge on any atom is -0.322 e. The van der Waals surface area contributed by atoms with E-state index in [1.54, 1.807) is 48.8 Å². The molecule has 0 atom stereocenters. The zero-order valence-corrected chi connectivity index (χ0v) is 19.1. The standard InChI is InChI=1S/C25H19F3N6O2/c1-14-3-4-18(33-24(36)17-6-8-29-21(11-17)25(26,27)28)13-19(14)23-31-10-7-20(34-23)16-5-9-30-22(12-16)32-15(2)35/h3-13H,1-2H3,(H,33,36)(H,30,32,35). The molecule has 4 aromatic rings. The Hall–Kier alpha value is -4.67. The highest BCUT2D eigenvalue weighted by Crippen LogP contribution is 2.29. The average molecular weight is 492 g/mol. The lowest BCUT2D eigenvalue weighted by atomic mass is 10.1. The number of pyridine rings is 2. The van der Waals surface area contributed by atoms with E-state index >= 15 is 0 Å². The summed E-state index contributed by atoms with van der Waals surface area (Å²) in [4.78, 5) is 40.3. The summed E-state index contributed by atoms with van der Waals surface area (Å²) in [5.74, 6) is -0.207. The van der Waals surface area contributed by atoms with Crippen molar-refractivity contribution < 1.29 is 22.8 Å². The smallest absolute Gasteiger partial charge is 0.322 e. The number of rotatable bonds is 5. The highest BCUT2D eigenvalue weighted by atomic mass is 19.4. The molecule has 11 heteroatoms. The number of carbonyl (C=O) groups is 2. The van der Waals surface area contributed by atoms with Gasteiger partial charge in [-0.2, -0.15) is 13.2 Å². The first kappa shape index (κ1) is 24.5. The number of nitrogens with one attached hydrogen (secondary N) is 2. The van der Waals surface area contributed by atoms with Crippen LogP contribution in [0.15, 0.2) is 67.1 Å². The van der Waals surface area contributed by atoms with Gasteiger partial charge in [0.15, 0.2) is 5.82 Å². The third-order valence-corrected chi connectivity index (χ3v) is 5.06. The van der Waals surface area contributed by atoms with E-state index in [0.29, 0.717) is 40.2 Å². The van der Waals surface area contributed by atoms with Gasteiger partial charge in [-0.3, -0.25) is 14.6 Å². The summed E-state index contributed by atoms with van der Waals surface area (Å²) < 4.78 is 38.8. The molecule has 2 amide bonds. The number of benzene rings is 1. The van der Waals surface area contributed by atoms with Gasteiger partial charge in [-0.05, 0) is 55.0 Å². The molecule has 0 saturated carbocycles. The molecule has 0 radical (unpaired) electrons. The number of alkyl halides is 3. The van der Waals surface area contributed by atoms with Crippen molar-refractivity contribution in [1.29, 1.82) is 0 Å². The minimum absolute atomic E-state index is 0.176. The number of carbonyl (C=O) groups excluding carboxylic acids is 2. The fraction of sp³-hybridized carbons (Fsp3) is 0.120. The van der Waals surface area contributed by atoms with Gasteiger partial charge in [0, 0.05) is 47.9 Å². The van der Waals surface area contributed by atoms with E-state index in [4.69, 9.17) is 0 Å². The van der Waals surface area contributed by atoms with Crippen molar-refractivity contribution >= 4 is 23.3 Å². The molecule has 4 rings (SSSR count). The van der Waals surface area contributed by atoms with Crippen LogP contribution in [0.5, 0.6) is 0 Å². The summed E-state index contributed by atoms with van der Waals surface area (Å²) in [6, 6.07) is 12.1. The second-order valence-electron chi connectivity index (χ2n) is 7.79. The molecule has 36 heavy (non-hydrogen) atoms. The van der Waals surface area contributed by atoms with Crippen LogP contribution in [0.3, 0.4) is 0 Å². The first-order chi connectivity index (χ1) is 17.1. The maximum absolute atomic E-state index is 12.9. The number of nitrogens with zero attached hydrogens (tertiary/aromatic N) is 4. The number of halogens is 3. The average Bonchev–Trinajstić information content (AvgIpc) is 2.84. The van der Waals surface area contributed by atoms with E-state index in [9.17, 15) is 22.8 Å². The van der Waals surface area contributed by atoms with Gasteiger partial charge in [0.05, 0.1) is 5.69 Å². The van der Waals surface area contributed by atoms with Crippen LogP contribution in [0.2, 0.25) is 0 Å². The Morgan fingerprint density at radius 2 is 1.61 bits per heavy atom. The first-order valence-corrected chi connectivity index (χ1v) is 10.6. The van der Waals surface area contributed by atoms with Gasteiger partial charge in [-0.25, -0.2) is 15.0 Å². The summed E-state index contributed by atoms with van der Waals surface area (Å²) in [6.07, 6.45) is -0.592. The van der Waals surface area contributed by atoms with Crippen LogP contribution in [0, 0.1) is 6.92 Å². The quantitative estimate of drug-likeness (QED) is 0.399. The molecule has 8 nitrogen and oxygen atoms in total. The Labute approximate surface area is 203 Å². The Balaban J connectivity index is 1.62. The van der Waals surface area contributed by atoms with Gasteiger partial charge in [0.1, 0.15) is 11.5 Å². The predicted molar refractivity (Wildman–Crippen MR) is 127 cm³/mol. The van der Waals surface area contributed by atoms with E-state index in [-0.39, 0.29) is 11.5 Å². The van der Waals surface area contributed by atoms with E-state index < -0.39 is 17.8 Å². The number of hydrogen-bond donors (Lipinski definition) is 2. The van der Waals surface area contributed by atoms with Crippen LogP contribution in [-0.2, 0) is 11.0 Å². The SMILES string of the molecule is CC(=O)Nc1cc(-c2ccnc(-c3cc(NC(=O)c4ccnc(C(F)(F)F)c4)ccc3C)n2)ccn1. The number of aromatic nitrogens is 4. The highest BCUT2D eigenvalue weighted by Gasteiger charge is 2.33. The van der Waals surface area contributed by atoms with Gasteiger partial charge in [-0.1, -0.05) is 6.07 Å². The van der Waals surface area contributed by atoms with E-state index in [1.165, 1.54) is 13.0 Å². The third-order valence-electron chi connectivity index (χ3n) is 5.06. The maximum Gasteiger partial charge on any atom is 0.433 e. The second kappa shape index (κ2) is 9.90. The molecule has 1 aromatic carbocycles. The van der Waals surface area contributed by atoms with Gasteiger partial charge in [-0.15, -0.1) is 0 Å². The monoisotopic (exact) mass is 492 g/mol. The molecule has 0 aliphatic carbocycles. The molecule has 0 bridgehead atoms. The molecule has 0 unspecified atom stereocenters. The summed E-state index contributed by atoms with van der Waals surface area (Å²) in [5, 5.41) is 5.23. The summed E-state index contributed by atoms with van der Waals surface area (Å²) >= 11 is 0. The number of anilines is 2. The number of aryl methyl sites for hydroxylation is 1. The highest BCUT2D eigenvalue weighted by molar-refractivity contribution is 6.04. The Morgan fingerprint density at radius 1 is 0.861 bits per heavy atom.